The van der Waals surface area contributed by atoms with Crippen molar-refractivity contribution in [2.24, 2.45) is 4.99 Å². The van der Waals surface area contributed by atoms with E-state index in [4.69, 9.17) is 21.1 Å². The molecule has 0 heterocycles. The fourth-order valence-electron chi connectivity index (χ4n) is 2.16. The van der Waals surface area contributed by atoms with Gasteiger partial charge in [-0.2, -0.15) is 0 Å². The van der Waals surface area contributed by atoms with Crippen LogP contribution < -0.4 is 20.1 Å². The lowest BCUT2D eigenvalue weighted by Crippen LogP contribution is -2.30. The molecule has 2 aromatic rings. The Kier molecular flexibility index (Phi) is 6.75. The molecule has 0 unspecified atom stereocenters. The summed E-state index contributed by atoms with van der Waals surface area (Å²) in [6.07, 6.45) is 0. The normalized spacial score (nSPS) is 11.1. The summed E-state index contributed by atoms with van der Waals surface area (Å²) in [6.45, 7) is 3.31. The number of benzene rings is 2. The molecule has 128 valence electrons. The standard InChI is InChI=1S/C18H22ClN3O2/c1-4-20-18(21-12-13-6-5-7-14(19)10-13)22-15-8-9-16(23-2)17(11-15)24-3/h5-11H,4,12H2,1-3H3,(H2,20,21,22). The Morgan fingerprint density at radius 2 is 1.88 bits per heavy atom. The van der Waals surface area contributed by atoms with Gasteiger partial charge in [0.25, 0.3) is 0 Å². The predicted molar refractivity (Wildman–Crippen MR) is 99.4 cm³/mol. The summed E-state index contributed by atoms with van der Waals surface area (Å²) < 4.78 is 10.6. The zero-order valence-corrected chi connectivity index (χ0v) is 14.9. The van der Waals surface area contributed by atoms with E-state index in [1.807, 2.05) is 49.4 Å². The second kappa shape index (κ2) is 9.03. The maximum Gasteiger partial charge on any atom is 0.196 e. The third-order valence-corrected chi connectivity index (χ3v) is 3.53. The molecule has 5 nitrogen and oxygen atoms in total. The van der Waals surface area contributed by atoms with Gasteiger partial charge in [-0.1, -0.05) is 23.7 Å². The number of guanidine groups is 1. The predicted octanol–water partition coefficient (Wildman–Crippen LogP) is 3.93. The van der Waals surface area contributed by atoms with E-state index < -0.39 is 0 Å². The van der Waals surface area contributed by atoms with E-state index in [2.05, 4.69) is 15.6 Å². The fourth-order valence-corrected chi connectivity index (χ4v) is 2.38. The maximum absolute atomic E-state index is 6.01. The highest BCUT2D eigenvalue weighted by Gasteiger charge is 2.06. The third kappa shape index (κ3) is 5.06. The molecule has 0 aliphatic rings. The van der Waals surface area contributed by atoms with Crippen LogP contribution in [0.25, 0.3) is 0 Å². The summed E-state index contributed by atoms with van der Waals surface area (Å²) in [5.74, 6) is 2.03. The van der Waals surface area contributed by atoms with Gasteiger partial charge in [-0.05, 0) is 36.8 Å². The number of hydrogen-bond donors (Lipinski definition) is 2. The number of nitrogens with zero attached hydrogens (tertiary/aromatic N) is 1. The summed E-state index contributed by atoms with van der Waals surface area (Å²) in [7, 11) is 3.22. The lowest BCUT2D eigenvalue weighted by molar-refractivity contribution is 0.355. The van der Waals surface area contributed by atoms with Crippen molar-refractivity contribution in [2.75, 3.05) is 26.1 Å². The second-order valence-electron chi connectivity index (χ2n) is 5.02. The van der Waals surface area contributed by atoms with Crippen LogP contribution in [0.3, 0.4) is 0 Å². The molecule has 0 aromatic heterocycles. The lowest BCUT2D eigenvalue weighted by Gasteiger charge is -2.14. The molecule has 24 heavy (non-hydrogen) atoms. The number of nitrogens with one attached hydrogen (secondary N) is 2. The van der Waals surface area contributed by atoms with Crippen molar-refractivity contribution >= 4 is 23.2 Å². The molecule has 0 bridgehead atoms. The van der Waals surface area contributed by atoms with Crippen molar-refractivity contribution in [2.45, 2.75) is 13.5 Å². The first kappa shape index (κ1) is 17.9. The van der Waals surface area contributed by atoms with Crippen molar-refractivity contribution < 1.29 is 9.47 Å². The minimum absolute atomic E-state index is 0.531. The van der Waals surface area contributed by atoms with Crippen molar-refractivity contribution in [3.63, 3.8) is 0 Å². The first-order valence-electron chi connectivity index (χ1n) is 7.68. The zero-order valence-electron chi connectivity index (χ0n) is 14.1. The van der Waals surface area contributed by atoms with Crippen molar-refractivity contribution in [1.82, 2.24) is 5.32 Å². The van der Waals surface area contributed by atoms with Gasteiger partial charge >= 0.3 is 0 Å². The number of methoxy groups -OCH3 is 2. The average molecular weight is 348 g/mol. The maximum atomic E-state index is 6.01. The number of rotatable bonds is 6. The molecule has 0 saturated heterocycles. The highest BCUT2D eigenvalue weighted by molar-refractivity contribution is 6.30. The lowest BCUT2D eigenvalue weighted by atomic mass is 10.2. The molecule has 0 fully saturated rings. The number of aliphatic imine (C=N–C) groups is 1. The number of ether oxygens (including phenoxy) is 2. The van der Waals surface area contributed by atoms with Crippen molar-refractivity contribution in [3.05, 3.63) is 53.1 Å². The van der Waals surface area contributed by atoms with Gasteiger partial charge < -0.3 is 20.1 Å². The topological polar surface area (TPSA) is 54.9 Å². The molecule has 0 radical (unpaired) electrons. The molecule has 0 amide bonds. The van der Waals surface area contributed by atoms with Gasteiger partial charge in [0.1, 0.15) is 0 Å². The molecular weight excluding hydrogens is 326 g/mol. The van der Waals surface area contributed by atoms with Crippen LogP contribution in [0.4, 0.5) is 5.69 Å². The van der Waals surface area contributed by atoms with E-state index in [1.54, 1.807) is 14.2 Å². The van der Waals surface area contributed by atoms with Crippen LogP contribution in [-0.4, -0.2) is 26.7 Å². The Bertz CT molecular complexity index is 704. The van der Waals surface area contributed by atoms with Gasteiger partial charge in [-0.25, -0.2) is 4.99 Å². The van der Waals surface area contributed by atoms with Gasteiger partial charge in [-0.15, -0.1) is 0 Å². The second-order valence-corrected chi connectivity index (χ2v) is 5.46. The van der Waals surface area contributed by atoms with Crippen LogP contribution in [0.5, 0.6) is 11.5 Å². The van der Waals surface area contributed by atoms with Crippen LogP contribution in [0, 0.1) is 0 Å². The van der Waals surface area contributed by atoms with E-state index in [0.717, 1.165) is 17.8 Å². The largest absolute Gasteiger partial charge is 0.493 e. The molecule has 2 aromatic carbocycles. The molecule has 2 rings (SSSR count). The minimum atomic E-state index is 0.531. The molecule has 0 atom stereocenters. The fraction of sp³-hybridized carbons (Fsp3) is 0.278. The number of halogens is 1. The van der Waals surface area contributed by atoms with E-state index in [1.165, 1.54) is 0 Å². The number of anilines is 1. The Hall–Kier alpha value is -2.40. The number of hydrogen-bond acceptors (Lipinski definition) is 3. The molecule has 6 heteroatoms. The van der Waals surface area contributed by atoms with E-state index in [0.29, 0.717) is 29.0 Å². The monoisotopic (exact) mass is 347 g/mol. The summed E-state index contributed by atoms with van der Waals surface area (Å²) in [5, 5.41) is 7.19. The van der Waals surface area contributed by atoms with E-state index in [9.17, 15) is 0 Å². The Morgan fingerprint density at radius 3 is 2.54 bits per heavy atom. The zero-order chi connectivity index (χ0) is 17.4. The highest BCUT2D eigenvalue weighted by Crippen LogP contribution is 2.29. The summed E-state index contributed by atoms with van der Waals surface area (Å²) in [4.78, 5) is 4.58. The van der Waals surface area contributed by atoms with Crippen LogP contribution >= 0.6 is 11.6 Å². The molecule has 0 aliphatic heterocycles. The van der Waals surface area contributed by atoms with Crippen LogP contribution in [0.2, 0.25) is 5.02 Å². The molecule has 0 aliphatic carbocycles. The summed E-state index contributed by atoms with van der Waals surface area (Å²) in [6, 6.07) is 13.3. The van der Waals surface area contributed by atoms with Gasteiger partial charge in [0.05, 0.1) is 20.8 Å². The smallest absolute Gasteiger partial charge is 0.196 e. The average Bonchev–Trinajstić information content (AvgIpc) is 2.60. The van der Waals surface area contributed by atoms with E-state index >= 15 is 0 Å². The molecular formula is C18H22ClN3O2. The quantitative estimate of drug-likeness (QED) is 0.614. The van der Waals surface area contributed by atoms with Crippen LogP contribution in [0.15, 0.2) is 47.5 Å². The third-order valence-electron chi connectivity index (χ3n) is 3.30. The molecule has 0 saturated carbocycles. The Labute approximate surface area is 147 Å². The Balaban J connectivity index is 2.14. The van der Waals surface area contributed by atoms with Gasteiger partial charge in [0.15, 0.2) is 17.5 Å². The van der Waals surface area contributed by atoms with Gasteiger partial charge in [0, 0.05) is 23.3 Å². The molecule has 0 spiro atoms. The first-order chi connectivity index (χ1) is 11.7. The van der Waals surface area contributed by atoms with Crippen LogP contribution in [0.1, 0.15) is 12.5 Å². The van der Waals surface area contributed by atoms with Crippen LogP contribution in [-0.2, 0) is 6.54 Å². The van der Waals surface area contributed by atoms with Gasteiger partial charge in [-0.3, -0.25) is 0 Å². The summed E-state index contributed by atoms with van der Waals surface area (Å²) in [5.41, 5.74) is 1.91. The SMILES string of the molecule is CCNC(=NCc1cccc(Cl)c1)Nc1ccc(OC)c(OC)c1. The first-order valence-corrected chi connectivity index (χ1v) is 8.06. The highest BCUT2D eigenvalue weighted by atomic mass is 35.5. The van der Waals surface area contributed by atoms with Gasteiger partial charge in [0.2, 0.25) is 0 Å². The Morgan fingerprint density at radius 1 is 1.08 bits per heavy atom. The minimum Gasteiger partial charge on any atom is -0.493 e. The van der Waals surface area contributed by atoms with Crippen molar-refractivity contribution in [3.8, 4) is 11.5 Å². The van der Waals surface area contributed by atoms with Crippen molar-refractivity contribution in [1.29, 1.82) is 0 Å². The molecule has 2 N–H and O–H groups in total. The van der Waals surface area contributed by atoms with E-state index in [-0.39, 0.29) is 0 Å². The summed E-state index contributed by atoms with van der Waals surface area (Å²) >= 11 is 6.01.